The van der Waals surface area contributed by atoms with Crippen LogP contribution in [0.4, 0.5) is 11.4 Å². The van der Waals surface area contributed by atoms with E-state index in [-0.39, 0.29) is 29.1 Å². The molecule has 4 rings (SSSR count). The molecule has 0 amide bonds. The topological polar surface area (TPSA) is 228 Å². The van der Waals surface area contributed by atoms with E-state index in [0.717, 1.165) is 20.6 Å². The minimum Gasteiger partial charge on any atom is -0.744 e. The van der Waals surface area contributed by atoms with Crippen molar-refractivity contribution in [2.45, 2.75) is 79.4 Å². The number of carbonyl (C=O) groups is 1. The number of aliphatic carboxylic acids is 1. The first-order valence-electron chi connectivity index (χ1n) is 18.2. The zero-order chi connectivity index (χ0) is 42.2. The number of nitrogens with zero attached hydrogens (tertiary/aromatic N) is 2. The summed E-state index contributed by atoms with van der Waals surface area (Å²) in [6.07, 6.45) is 11.9. The highest BCUT2D eigenvalue weighted by Crippen LogP contribution is 2.51. The average Bonchev–Trinajstić information content (AvgIpc) is 3.35. The molecule has 57 heavy (non-hydrogen) atoms. The Kier molecular flexibility index (Phi) is 15.9. The van der Waals surface area contributed by atoms with Gasteiger partial charge in [0.05, 0.1) is 28.7 Å². The molecule has 0 aliphatic carbocycles. The Balaban J connectivity index is 1.78. The molecule has 0 saturated carbocycles. The van der Waals surface area contributed by atoms with Crippen LogP contribution in [0.2, 0.25) is 0 Å². The van der Waals surface area contributed by atoms with Crippen molar-refractivity contribution in [2.24, 2.45) is 0 Å². The summed E-state index contributed by atoms with van der Waals surface area (Å²) in [5.41, 5.74) is 1.89. The number of anilines is 2. The quantitative estimate of drug-likeness (QED) is 0.0446. The van der Waals surface area contributed by atoms with Gasteiger partial charge in [-0.1, -0.05) is 37.6 Å². The van der Waals surface area contributed by atoms with Gasteiger partial charge in [0, 0.05) is 86.2 Å². The average molecular weight is 966 g/mol. The van der Waals surface area contributed by atoms with Crippen LogP contribution in [0.25, 0.3) is 0 Å². The standard InChI is InChI=1S/C38H51IN2O13S3/c1-37(19-11-25-55(44,45)46)31-27-29(57(50,51)52)16-18-33(31)41(22-24-54-4)39-34(37)12-7-5-8-13-35-38(2,20-23-53-3)30-26-28(56(47,48)49)15-17-32(30)40(35)21-10-6-9-14-36(42)43/h5,7-8,12-13,15-18,26-27H,6,9-11,14,19-25H2,1-4H3,(H,42,43)(H,44,45,46)(H,47,48,49)(H,50,51,52)/p-1/b8-5+,12-7+,35-13+. The van der Waals surface area contributed by atoms with Gasteiger partial charge < -0.3 is 27.1 Å². The largest absolute Gasteiger partial charge is 0.744 e. The number of allylic oxidation sites excluding steroid dienone is 6. The van der Waals surface area contributed by atoms with Crippen molar-refractivity contribution in [1.29, 1.82) is 0 Å². The number of rotatable bonds is 21. The molecule has 316 valence electrons. The first-order valence-corrected chi connectivity index (χ1v) is 24.7. The molecule has 0 aromatic heterocycles. The predicted molar refractivity (Wildman–Crippen MR) is 226 cm³/mol. The Morgan fingerprint density at radius 3 is 2.09 bits per heavy atom. The molecule has 19 heteroatoms. The van der Waals surface area contributed by atoms with Crippen LogP contribution in [-0.4, -0.2) is 99.8 Å². The molecule has 2 aromatic rings. The van der Waals surface area contributed by atoms with Gasteiger partial charge in [-0.15, -0.1) is 0 Å². The summed E-state index contributed by atoms with van der Waals surface area (Å²) in [4.78, 5) is 12.5. The normalized spacial score (nSPS) is 20.9. The number of benzene rings is 2. The minimum atomic E-state index is -4.75. The SMILES string of the molecule is COCCN1I=C(/C=C/C=C/C=C2/N(CCCCCC(=O)O)c3ccc(S(=O)(=O)[O-])cc3C2(C)CCOC)C(C)(CCCS(=O)(=O)O)c2cc(S(=O)(=O)O)ccc21. The van der Waals surface area contributed by atoms with E-state index in [1.165, 1.54) is 24.3 Å². The van der Waals surface area contributed by atoms with E-state index in [0.29, 0.717) is 63.1 Å². The summed E-state index contributed by atoms with van der Waals surface area (Å²) in [5, 5.41) is 9.10. The molecule has 0 spiro atoms. The molecule has 2 atom stereocenters. The number of halogens is 1. The Labute approximate surface area is 345 Å². The molecular weight excluding hydrogens is 916 g/mol. The third kappa shape index (κ3) is 11.8. The fourth-order valence-corrected chi connectivity index (χ4v) is 11.9. The van der Waals surface area contributed by atoms with Crippen LogP contribution in [0.3, 0.4) is 0 Å². The lowest BCUT2D eigenvalue weighted by molar-refractivity contribution is -0.137. The van der Waals surface area contributed by atoms with Crippen LogP contribution in [0, 0.1) is 0 Å². The number of carboxylic acid groups (broad SMARTS) is 1. The molecule has 3 N–H and O–H groups in total. The maximum atomic E-state index is 12.2. The maximum Gasteiger partial charge on any atom is 0.303 e. The molecule has 2 aliphatic rings. The molecule has 0 fully saturated rings. The second kappa shape index (κ2) is 19.4. The highest BCUT2D eigenvalue weighted by Gasteiger charge is 2.43. The first kappa shape index (κ1) is 46.7. The van der Waals surface area contributed by atoms with Gasteiger partial charge in [0.1, 0.15) is 10.1 Å². The van der Waals surface area contributed by atoms with Crippen LogP contribution in [0.1, 0.15) is 69.9 Å². The van der Waals surface area contributed by atoms with E-state index < -0.39 is 73.9 Å². The van der Waals surface area contributed by atoms with Gasteiger partial charge >= 0.3 is 5.97 Å². The Morgan fingerprint density at radius 1 is 0.807 bits per heavy atom. The zero-order valence-electron chi connectivity index (χ0n) is 32.3. The van der Waals surface area contributed by atoms with Crippen LogP contribution in [0.5, 0.6) is 0 Å². The van der Waals surface area contributed by atoms with Crippen LogP contribution < -0.4 is 8.01 Å². The Bertz CT molecular complexity index is 2260. The molecule has 0 saturated heterocycles. The first-order chi connectivity index (χ1) is 26.7. The summed E-state index contributed by atoms with van der Waals surface area (Å²) in [6, 6.07) is 8.71. The number of carboxylic acids is 1. The van der Waals surface area contributed by atoms with Crippen LogP contribution >= 0.6 is 21.0 Å². The van der Waals surface area contributed by atoms with Crippen molar-refractivity contribution in [3.8, 4) is 0 Å². The van der Waals surface area contributed by atoms with Gasteiger partial charge in [-0.3, -0.25) is 13.9 Å². The summed E-state index contributed by atoms with van der Waals surface area (Å²) >= 11 is -0.939. The van der Waals surface area contributed by atoms with Gasteiger partial charge in [0.15, 0.2) is 0 Å². The molecule has 2 aliphatic heterocycles. The van der Waals surface area contributed by atoms with Crippen molar-refractivity contribution < 1.29 is 58.3 Å². The smallest absolute Gasteiger partial charge is 0.303 e. The number of methoxy groups -OCH3 is 2. The summed E-state index contributed by atoms with van der Waals surface area (Å²) in [5.74, 6) is -1.37. The molecule has 2 aromatic carbocycles. The molecule has 2 heterocycles. The number of unbranched alkanes of at least 4 members (excludes halogenated alkanes) is 2. The van der Waals surface area contributed by atoms with Gasteiger partial charge in [0.25, 0.3) is 20.2 Å². The zero-order valence-corrected chi connectivity index (χ0v) is 36.9. The van der Waals surface area contributed by atoms with Gasteiger partial charge in [-0.25, -0.2) is 8.42 Å². The summed E-state index contributed by atoms with van der Waals surface area (Å²) < 4.78 is 117. The summed E-state index contributed by atoms with van der Waals surface area (Å²) in [7, 11) is -10.5. The van der Waals surface area contributed by atoms with Crippen molar-refractivity contribution >= 4 is 72.2 Å². The molecule has 2 unspecified atom stereocenters. The maximum absolute atomic E-state index is 12.2. The fourth-order valence-electron chi connectivity index (χ4n) is 7.19. The second-order valence-corrected chi connectivity index (χ2v) is 21.4. The molecular formula is C38H50IN2O13S3-. The monoisotopic (exact) mass is 965 g/mol. The van der Waals surface area contributed by atoms with E-state index in [4.69, 9.17) is 14.6 Å². The lowest BCUT2D eigenvalue weighted by atomic mass is 9.75. The van der Waals surface area contributed by atoms with E-state index >= 15 is 0 Å². The third-order valence-corrected chi connectivity index (χ3v) is 16.3. The minimum absolute atomic E-state index is 0.0445. The molecule has 0 radical (unpaired) electrons. The van der Waals surface area contributed by atoms with Crippen LogP contribution in [0.15, 0.2) is 82.3 Å². The van der Waals surface area contributed by atoms with E-state index in [2.05, 4.69) is 8.01 Å². The summed E-state index contributed by atoms with van der Waals surface area (Å²) in [6.45, 7) is 5.55. The number of hydrogen-bond acceptors (Lipinski definition) is 12. The van der Waals surface area contributed by atoms with Crippen LogP contribution in [-0.2, 0) is 55.5 Å². The van der Waals surface area contributed by atoms with Gasteiger partial charge in [-0.2, -0.15) is 16.8 Å². The number of ether oxygens (including phenoxy) is 2. The Morgan fingerprint density at radius 2 is 1.46 bits per heavy atom. The van der Waals surface area contributed by atoms with Crippen molar-refractivity contribution in [1.82, 2.24) is 0 Å². The van der Waals surface area contributed by atoms with Gasteiger partial charge in [0.2, 0.25) is 0 Å². The fraction of sp³-hybridized carbons (Fsp3) is 0.474. The number of fused-ring (bicyclic) bond motifs is 2. The second-order valence-electron chi connectivity index (χ2n) is 14.2. The van der Waals surface area contributed by atoms with Crippen molar-refractivity contribution in [2.75, 3.05) is 54.3 Å². The van der Waals surface area contributed by atoms with E-state index in [9.17, 15) is 43.7 Å². The van der Waals surface area contributed by atoms with Gasteiger partial charge in [-0.05, 0) is 92.6 Å². The predicted octanol–water partition coefficient (Wildman–Crippen LogP) is 5.74. The lowest BCUT2D eigenvalue weighted by Gasteiger charge is -2.40. The van der Waals surface area contributed by atoms with Crippen molar-refractivity contribution in [3.63, 3.8) is 0 Å². The Hall–Kier alpha value is -3.02. The highest BCUT2D eigenvalue weighted by atomic mass is 127. The van der Waals surface area contributed by atoms with Crippen molar-refractivity contribution in [3.05, 3.63) is 83.6 Å². The third-order valence-electron chi connectivity index (χ3n) is 10.2. The van der Waals surface area contributed by atoms with E-state index in [1.54, 1.807) is 26.4 Å². The van der Waals surface area contributed by atoms with E-state index in [1.807, 2.05) is 44.2 Å². The highest BCUT2D eigenvalue weighted by molar-refractivity contribution is 14.2. The molecule has 0 bridgehead atoms. The lowest BCUT2D eigenvalue weighted by Crippen LogP contribution is -2.38. The molecule has 15 nitrogen and oxygen atoms in total. The number of hydrogen-bond donors (Lipinski definition) is 3.